The minimum absolute atomic E-state index is 0.220. The lowest BCUT2D eigenvalue weighted by Gasteiger charge is -2.13. The zero-order valence-electron chi connectivity index (χ0n) is 7.20. The second-order valence-corrected chi connectivity index (χ2v) is 3.78. The van der Waals surface area contributed by atoms with Crippen LogP contribution in [0.4, 0.5) is 0 Å². The molecule has 1 aliphatic rings. The third-order valence-electron chi connectivity index (χ3n) is 2.49. The second-order valence-electron chi connectivity index (χ2n) is 3.35. The van der Waals surface area contributed by atoms with Gasteiger partial charge in [-0.25, -0.2) is 0 Å². The molecule has 70 valence electrons. The third-order valence-corrected chi connectivity index (χ3v) is 2.74. The number of hydrogen-bond acceptors (Lipinski definition) is 2. The third kappa shape index (κ3) is 1.85. The van der Waals surface area contributed by atoms with E-state index in [1.807, 2.05) is 24.3 Å². The number of nitrogens with one attached hydrogen (secondary N) is 1. The number of rotatable bonds is 1. The van der Waals surface area contributed by atoms with Crippen LogP contribution in [0.2, 0.25) is 5.02 Å². The Labute approximate surface area is 82.5 Å². The van der Waals surface area contributed by atoms with Gasteiger partial charge >= 0.3 is 0 Å². The van der Waals surface area contributed by atoms with Gasteiger partial charge in [-0.2, -0.15) is 0 Å². The van der Waals surface area contributed by atoms with Crippen LogP contribution in [0.5, 0.6) is 0 Å². The Kier molecular flexibility index (Phi) is 2.54. The van der Waals surface area contributed by atoms with Gasteiger partial charge in [-0.05, 0) is 30.7 Å². The van der Waals surface area contributed by atoms with Crippen LogP contribution in [0, 0.1) is 0 Å². The molecule has 1 saturated heterocycles. The first-order valence-corrected chi connectivity index (χ1v) is 4.82. The number of aliphatic hydroxyl groups is 1. The van der Waals surface area contributed by atoms with Crippen molar-refractivity contribution in [1.82, 2.24) is 5.32 Å². The highest BCUT2D eigenvalue weighted by Gasteiger charge is 2.25. The molecule has 1 heterocycles. The number of aliphatic hydroxyl groups excluding tert-OH is 1. The predicted molar refractivity (Wildman–Crippen MR) is 52.8 cm³/mol. The largest absolute Gasteiger partial charge is 0.378 e. The van der Waals surface area contributed by atoms with Crippen molar-refractivity contribution >= 4 is 11.6 Å². The van der Waals surface area contributed by atoms with Crippen LogP contribution < -0.4 is 5.32 Å². The average Bonchev–Trinajstić information content (AvgIpc) is 2.53. The van der Waals surface area contributed by atoms with Crippen LogP contribution in [-0.4, -0.2) is 17.9 Å². The molecule has 2 rings (SSSR count). The van der Waals surface area contributed by atoms with Gasteiger partial charge in [-0.3, -0.25) is 5.32 Å². The Bertz CT molecular complexity index is 285. The first-order valence-electron chi connectivity index (χ1n) is 4.44. The number of benzene rings is 1. The van der Waals surface area contributed by atoms with Crippen molar-refractivity contribution in [3.63, 3.8) is 0 Å². The van der Waals surface area contributed by atoms with Crippen molar-refractivity contribution in [3.05, 3.63) is 34.9 Å². The summed E-state index contributed by atoms with van der Waals surface area (Å²) in [5, 5.41) is 13.3. The molecule has 0 bridgehead atoms. The van der Waals surface area contributed by atoms with E-state index in [1.165, 1.54) is 0 Å². The molecule has 13 heavy (non-hydrogen) atoms. The first-order chi connectivity index (χ1) is 6.27. The molecule has 1 aromatic rings. The highest BCUT2D eigenvalue weighted by atomic mass is 35.5. The van der Waals surface area contributed by atoms with Crippen LogP contribution in [0.15, 0.2) is 24.3 Å². The van der Waals surface area contributed by atoms with Crippen molar-refractivity contribution < 1.29 is 5.11 Å². The Morgan fingerprint density at radius 1 is 1.31 bits per heavy atom. The molecule has 2 nitrogen and oxygen atoms in total. The summed E-state index contributed by atoms with van der Waals surface area (Å²) in [5.74, 6) is 0.220. The van der Waals surface area contributed by atoms with Gasteiger partial charge in [0.05, 0.1) is 0 Å². The highest BCUT2D eigenvalue weighted by molar-refractivity contribution is 6.30. The normalized spacial score (nSPS) is 27.8. The summed E-state index contributed by atoms with van der Waals surface area (Å²) in [4.78, 5) is 0. The minimum atomic E-state index is -0.402. The summed E-state index contributed by atoms with van der Waals surface area (Å²) in [7, 11) is 0. The summed E-state index contributed by atoms with van der Waals surface area (Å²) in [6.45, 7) is 0.883. The van der Waals surface area contributed by atoms with Gasteiger partial charge in [0.1, 0.15) is 6.23 Å². The lowest BCUT2D eigenvalue weighted by atomic mass is 9.97. The van der Waals surface area contributed by atoms with Crippen LogP contribution in [0.25, 0.3) is 0 Å². The van der Waals surface area contributed by atoms with E-state index in [1.54, 1.807) is 0 Å². The van der Waals surface area contributed by atoms with Crippen LogP contribution >= 0.6 is 11.6 Å². The molecule has 2 unspecified atom stereocenters. The quantitative estimate of drug-likeness (QED) is 0.719. The van der Waals surface area contributed by atoms with Crippen molar-refractivity contribution in [2.24, 2.45) is 0 Å². The highest BCUT2D eigenvalue weighted by Crippen LogP contribution is 2.27. The molecular weight excluding hydrogens is 186 g/mol. The lowest BCUT2D eigenvalue weighted by molar-refractivity contribution is 0.142. The monoisotopic (exact) mass is 197 g/mol. The smallest absolute Gasteiger partial charge is 0.111 e. The fraction of sp³-hybridized carbons (Fsp3) is 0.400. The van der Waals surface area contributed by atoms with E-state index < -0.39 is 6.23 Å². The Balaban J connectivity index is 2.20. The Morgan fingerprint density at radius 2 is 2.00 bits per heavy atom. The van der Waals surface area contributed by atoms with E-state index in [-0.39, 0.29) is 5.92 Å². The van der Waals surface area contributed by atoms with Gasteiger partial charge in [0.2, 0.25) is 0 Å². The summed E-state index contributed by atoms with van der Waals surface area (Å²) in [5.41, 5.74) is 1.15. The number of hydrogen-bond donors (Lipinski definition) is 2. The molecule has 0 amide bonds. The zero-order chi connectivity index (χ0) is 9.26. The van der Waals surface area contributed by atoms with E-state index in [0.717, 1.165) is 23.6 Å². The van der Waals surface area contributed by atoms with E-state index in [4.69, 9.17) is 11.6 Å². The van der Waals surface area contributed by atoms with E-state index in [9.17, 15) is 5.11 Å². The topological polar surface area (TPSA) is 32.3 Å². The van der Waals surface area contributed by atoms with Gasteiger partial charge in [0.15, 0.2) is 0 Å². The average molecular weight is 198 g/mol. The van der Waals surface area contributed by atoms with E-state index in [2.05, 4.69) is 5.32 Å². The predicted octanol–water partition coefficient (Wildman–Crippen LogP) is 1.74. The van der Waals surface area contributed by atoms with E-state index in [0.29, 0.717) is 0 Å². The number of halogens is 1. The molecule has 1 aliphatic heterocycles. The molecule has 3 heteroatoms. The molecule has 0 radical (unpaired) electrons. The molecule has 2 N–H and O–H groups in total. The SMILES string of the molecule is OC1NCCC1c1ccc(Cl)cc1. The van der Waals surface area contributed by atoms with Crippen molar-refractivity contribution in [2.45, 2.75) is 18.6 Å². The maximum atomic E-state index is 9.57. The standard InChI is InChI=1S/C10H12ClNO/c11-8-3-1-7(2-4-8)9-5-6-12-10(9)13/h1-4,9-10,12-13H,5-6H2. The summed E-state index contributed by atoms with van der Waals surface area (Å²) < 4.78 is 0. The molecule has 2 atom stereocenters. The van der Waals surface area contributed by atoms with Crippen LogP contribution in [-0.2, 0) is 0 Å². The Hall–Kier alpha value is -0.570. The molecular formula is C10H12ClNO. The van der Waals surface area contributed by atoms with E-state index >= 15 is 0 Å². The van der Waals surface area contributed by atoms with Gasteiger partial charge in [-0.1, -0.05) is 23.7 Å². The maximum absolute atomic E-state index is 9.57. The van der Waals surface area contributed by atoms with Crippen molar-refractivity contribution in [2.75, 3.05) is 6.54 Å². The van der Waals surface area contributed by atoms with Gasteiger partial charge in [-0.15, -0.1) is 0 Å². The fourth-order valence-electron chi connectivity index (χ4n) is 1.75. The van der Waals surface area contributed by atoms with Crippen LogP contribution in [0.1, 0.15) is 17.9 Å². The molecule has 0 aromatic heterocycles. The van der Waals surface area contributed by atoms with Gasteiger partial charge in [0, 0.05) is 10.9 Å². The van der Waals surface area contributed by atoms with Gasteiger partial charge in [0.25, 0.3) is 0 Å². The first kappa shape index (κ1) is 9.00. The fourth-order valence-corrected chi connectivity index (χ4v) is 1.87. The lowest BCUT2D eigenvalue weighted by Crippen LogP contribution is -2.24. The second kappa shape index (κ2) is 3.66. The minimum Gasteiger partial charge on any atom is -0.378 e. The maximum Gasteiger partial charge on any atom is 0.111 e. The Morgan fingerprint density at radius 3 is 2.54 bits per heavy atom. The van der Waals surface area contributed by atoms with Crippen molar-refractivity contribution in [1.29, 1.82) is 0 Å². The molecule has 1 aromatic carbocycles. The summed E-state index contributed by atoms with van der Waals surface area (Å²) in [6, 6.07) is 7.68. The molecule has 0 aliphatic carbocycles. The zero-order valence-corrected chi connectivity index (χ0v) is 7.96. The van der Waals surface area contributed by atoms with Gasteiger partial charge < -0.3 is 5.11 Å². The summed E-state index contributed by atoms with van der Waals surface area (Å²) in [6.07, 6.45) is 0.587. The molecule has 0 saturated carbocycles. The molecule has 0 spiro atoms. The van der Waals surface area contributed by atoms with Crippen molar-refractivity contribution in [3.8, 4) is 0 Å². The summed E-state index contributed by atoms with van der Waals surface area (Å²) >= 11 is 5.78. The van der Waals surface area contributed by atoms with Crippen LogP contribution in [0.3, 0.4) is 0 Å². The molecule has 1 fully saturated rings.